The molecular weight excluding hydrogens is 321 g/mol. The number of nitrogens with zero attached hydrogens (tertiary/aromatic N) is 1. The van der Waals surface area contributed by atoms with Gasteiger partial charge in [0.05, 0.1) is 7.11 Å². The smallest absolute Gasteiger partial charge is 0.245 e. The van der Waals surface area contributed by atoms with Crippen molar-refractivity contribution in [2.45, 2.75) is 11.9 Å². The molecule has 0 radical (unpaired) electrons. The molecule has 0 saturated carbocycles. The molecule has 0 saturated heterocycles. The molecule has 0 spiro atoms. The Balaban J connectivity index is 2.07. The maximum Gasteiger partial charge on any atom is 0.245 e. The van der Waals surface area contributed by atoms with Gasteiger partial charge in [0.15, 0.2) is 0 Å². The minimum Gasteiger partial charge on any atom is -0.497 e. The Bertz CT molecular complexity index is 643. The summed E-state index contributed by atoms with van der Waals surface area (Å²) in [5.41, 5.74) is 1.62. The van der Waals surface area contributed by atoms with E-state index in [0.29, 0.717) is 11.6 Å². The predicted molar refractivity (Wildman–Crippen MR) is 89.5 cm³/mol. The maximum absolute atomic E-state index is 12.4. The van der Waals surface area contributed by atoms with E-state index in [1.807, 2.05) is 18.2 Å². The lowest BCUT2D eigenvalue weighted by atomic mass is 10.1. The highest BCUT2D eigenvalue weighted by atomic mass is 35.5. The molecule has 1 atom stereocenters. The Hall–Kier alpha value is -1.71. The van der Waals surface area contributed by atoms with Gasteiger partial charge >= 0.3 is 0 Å². The van der Waals surface area contributed by atoms with E-state index in [1.165, 1.54) is 0 Å². The molecule has 2 aromatic rings. The summed E-state index contributed by atoms with van der Waals surface area (Å²) < 4.78 is 5.10. The summed E-state index contributed by atoms with van der Waals surface area (Å²) >= 11 is 12.4. The van der Waals surface area contributed by atoms with Gasteiger partial charge in [-0.25, -0.2) is 0 Å². The molecule has 0 bridgehead atoms. The van der Waals surface area contributed by atoms with Crippen LogP contribution in [0.4, 0.5) is 0 Å². The van der Waals surface area contributed by atoms with Gasteiger partial charge < -0.3 is 9.64 Å². The lowest BCUT2D eigenvalue weighted by molar-refractivity contribution is -0.130. The van der Waals surface area contributed by atoms with Crippen molar-refractivity contribution in [1.82, 2.24) is 4.90 Å². The fourth-order valence-electron chi connectivity index (χ4n) is 2.07. The summed E-state index contributed by atoms with van der Waals surface area (Å²) in [7, 11) is 3.31. The summed E-state index contributed by atoms with van der Waals surface area (Å²) in [5, 5.41) is -0.101. The van der Waals surface area contributed by atoms with Crippen LogP contribution in [0.15, 0.2) is 48.5 Å². The van der Waals surface area contributed by atoms with Crippen molar-refractivity contribution in [3.05, 3.63) is 64.7 Å². The average molecular weight is 338 g/mol. The molecule has 2 rings (SSSR count). The van der Waals surface area contributed by atoms with Gasteiger partial charge in [0.25, 0.3) is 0 Å². The monoisotopic (exact) mass is 337 g/mol. The van der Waals surface area contributed by atoms with Crippen LogP contribution in [0.2, 0.25) is 5.02 Å². The molecule has 0 aliphatic heterocycles. The van der Waals surface area contributed by atoms with E-state index in [-0.39, 0.29) is 5.91 Å². The first kappa shape index (κ1) is 16.7. The third kappa shape index (κ3) is 3.93. The largest absolute Gasteiger partial charge is 0.497 e. The molecular formula is C17H17Cl2NO2. The van der Waals surface area contributed by atoms with Crippen LogP contribution in [0.1, 0.15) is 16.5 Å². The van der Waals surface area contributed by atoms with Crippen LogP contribution in [-0.2, 0) is 11.3 Å². The van der Waals surface area contributed by atoms with Gasteiger partial charge in [0.1, 0.15) is 11.1 Å². The number of alkyl halides is 1. The van der Waals surface area contributed by atoms with Gasteiger partial charge in [-0.2, -0.15) is 0 Å². The predicted octanol–water partition coefficient (Wildman–Crippen LogP) is 4.29. The van der Waals surface area contributed by atoms with E-state index in [2.05, 4.69) is 0 Å². The Morgan fingerprint density at radius 1 is 1.18 bits per heavy atom. The van der Waals surface area contributed by atoms with Crippen LogP contribution in [0, 0.1) is 0 Å². The summed E-state index contributed by atoms with van der Waals surface area (Å²) in [6.07, 6.45) is 0. The number of amides is 1. The van der Waals surface area contributed by atoms with Crippen LogP contribution >= 0.6 is 23.2 Å². The number of methoxy groups -OCH3 is 1. The SMILES string of the molecule is COc1ccc(C(Cl)C(=O)N(C)Cc2ccccc2Cl)cc1. The van der Waals surface area contributed by atoms with Gasteiger partial charge in [-0.15, -0.1) is 11.6 Å². The average Bonchev–Trinajstić information content (AvgIpc) is 2.55. The summed E-state index contributed by atoms with van der Waals surface area (Å²) in [6, 6.07) is 14.6. The van der Waals surface area contributed by atoms with Crippen molar-refractivity contribution < 1.29 is 9.53 Å². The molecule has 0 aliphatic rings. The number of carbonyl (C=O) groups is 1. The lowest BCUT2D eigenvalue weighted by Gasteiger charge is -2.21. The molecule has 5 heteroatoms. The van der Waals surface area contributed by atoms with Crippen molar-refractivity contribution in [1.29, 1.82) is 0 Å². The second kappa shape index (κ2) is 7.52. The van der Waals surface area contributed by atoms with E-state index >= 15 is 0 Å². The third-order valence-electron chi connectivity index (χ3n) is 3.37. The van der Waals surface area contributed by atoms with Crippen LogP contribution in [0.5, 0.6) is 5.75 Å². The number of likely N-dealkylation sites (N-methyl/N-ethyl adjacent to an activating group) is 1. The van der Waals surface area contributed by atoms with E-state index in [1.54, 1.807) is 49.4 Å². The van der Waals surface area contributed by atoms with Crippen LogP contribution in [0.25, 0.3) is 0 Å². The standard InChI is InChI=1S/C17H17Cl2NO2/c1-20(11-13-5-3-4-6-15(13)18)17(21)16(19)12-7-9-14(22-2)10-8-12/h3-10,16H,11H2,1-2H3. The highest BCUT2D eigenvalue weighted by Crippen LogP contribution is 2.26. The minimum absolute atomic E-state index is 0.174. The second-order valence-corrected chi connectivity index (χ2v) is 5.77. The van der Waals surface area contributed by atoms with Gasteiger partial charge in [0.2, 0.25) is 5.91 Å². The van der Waals surface area contributed by atoms with E-state index in [9.17, 15) is 4.79 Å². The van der Waals surface area contributed by atoms with Crippen molar-refractivity contribution in [3.8, 4) is 5.75 Å². The molecule has 0 fully saturated rings. The molecule has 2 aromatic carbocycles. The summed E-state index contributed by atoms with van der Waals surface area (Å²) in [4.78, 5) is 14.0. The fourth-order valence-corrected chi connectivity index (χ4v) is 2.58. The maximum atomic E-state index is 12.4. The zero-order valence-electron chi connectivity index (χ0n) is 12.4. The van der Waals surface area contributed by atoms with E-state index < -0.39 is 5.38 Å². The van der Waals surface area contributed by atoms with E-state index in [0.717, 1.165) is 16.9 Å². The van der Waals surface area contributed by atoms with Crippen molar-refractivity contribution in [2.75, 3.05) is 14.2 Å². The topological polar surface area (TPSA) is 29.5 Å². The Morgan fingerprint density at radius 2 is 1.82 bits per heavy atom. The minimum atomic E-state index is -0.738. The fraction of sp³-hybridized carbons (Fsp3) is 0.235. The quantitative estimate of drug-likeness (QED) is 0.762. The number of hydrogen-bond acceptors (Lipinski definition) is 2. The Morgan fingerprint density at radius 3 is 2.41 bits per heavy atom. The number of halogens is 2. The number of benzene rings is 2. The Labute approximate surface area is 140 Å². The number of carbonyl (C=O) groups excluding carboxylic acids is 1. The first-order valence-corrected chi connectivity index (χ1v) is 7.60. The van der Waals surface area contributed by atoms with Crippen molar-refractivity contribution >= 4 is 29.1 Å². The third-order valence-corrected chi connectivity index (χ3v) is 4.17. The molecule has 1 unspecified atom stereocenters. The molecule has 22 heavy (non-hydrogen) atoms. The number of hydrogen-bond donors (Lipinski definition) is 0. The molecule has 0 aromatic heterocycles. The second-order valence-electron chi connectivity index (χ2n) is 4.92. The summed E-state index contributed by atoms with van der Waals surface area (Å²) in [6.45, 7) is 0.415. The van der Waals surface area contributed by atoms with Crippen LogP contribution in [0.3, 0.4) is 0 Å². The van der Waals surface area contributed by atoms with Gasteiger partial charge in [0, 0.05) is 18.6 Å². The molecule has 1 amide bonds. The normalized spacial score (nSPS) is 11.8. The molecule has 3 nitrogen and oxygen atoms in total. The van der Waals surface area contributed by atoms with Gasteiger partial charge in [-0.1, -0.05) is 41.9 Å². The van der Waals surface area contributed by atoms with Gasteiger partial charge in [-0.3, -0.25) is 4.79 Å². The molecule has 116 valence electrons. The molecule has 0 aliphatic carbocycles. The molecule has 0 N–H and O–H groups in total. The van der Waals surface area contributed by atoms with E-state index in [4.69, 9.17) is 27.9 Å². The zero-order valence-corrected chi connectivity index (χ0v) is 13.9. The molecule has 0 heterocycles. The van der Waals surface area contributed by atoms with Crippen molar-refractivity contribution in [3.63, 3.8) is 0 Å². The first-order chi connectivity index (χ1) is 10.5. The number of rotatable bonds is 5. The van der Waals surface area contributed by atoms with Gasteiger partial charge in [-0.05, 0) is 29.3 Å². The summed E-state index contributed by atoms with van der Waals surface area (Å²) in [5.74, 6) is 0.552. The lowest BCUT2D eigenvalue weighted by Crippen LogP contribution is -2.29. The highest BCUT2D eigenvalue weighted by Gasteiger charge is 2.22. The van der Waals surface area contributed by atoms with Crippen molar-refractivity contribution in [2.24, 2.45) is 0 Å². The zero-order chi connectivity index (χ0) is 16.1. The Kier molecular flexibility index (Phi) is 5.69. The first-order valence-electron chi connectivity index (χ1n) is 6.79. The highest BCUT2D eigenvalue weighted by molar-refractivity contribution is 6.31. The van der Waals surface area contributed by atoms with Crippen LogP contribution in [-0.4, -0.2) is 25.0 Å². The number of ether oxygens (including phenoxy) is 1. The van der Waals surface area contributed by atoms with Crippen LogP contribution < -0.4 is 4.74 Å².